The van der Waals surface area contributed by atoms with Gasteiger partial charge in [0.15, 0.2) is 11.5 Å². The molecular weight excluding hydrogens is 258 g/mol. The van der Waals surface area contributed by atoms with Crippen molar-refractivity contribution in [3.63, 3.8) is 0 Å². The van der Waals surface area contributed by atoms with Gasteiger partial charge in [-0.25, -0.2) is 0 Å². The van der Waals surface area contributed by atoms with Crippen LogP contribution in [0.2, 0.25) is 0 Å². The maximum absolute atomic E-state index is 5.38. The highest BCUT2D eigenvalue weighted by atomic mass is 16.5. The van der Waals surface area contributed by atoms with Gasteiger partial charge >= 0.3 is 0 Å². The summed E-state index contributed by atoms with van der Waals surface area (Å²) in [6.45, 7) is 0.584. The van der Waals surface area contributed by atoms with E-state index >= 15 is 0 Å². The summed E-state index contributed by atoms with van der Waals surface area (Å²) in [7, 11) is 6.72. The average molecular weight is 277 g/mol. The van der Waals surface area contributed by atoms with Crippen molar-refractivity contribution in [2.75, 3.05) is 26.6 Å². The minimum Gasteiger partial charge on any atom is -0.496 e. The van der Waals surface area contributed by atoms with E-state index < -0.39 is 0 Å². The van der Waals surface area contributed by atoms with Gasteiger partial charge in [-0.3, -0.25) is 4.68 Å². The summed E-state index contributed by atoms with van der Waals surface area (Å²) in [5.74, 6) is 2.87. The lowest BCUT2D eigenvalue weighted by Crippen LogP contribution is -2.04. The van der Waals surface area contributed by atoms with Crippen LogP contribution in [0.25, 0.3) is 0 Å². The third-order valence-electron chi connectivity index (χ3n) is 2.96. The molecule has 0 aliphatic heterocycles. The number of nitrogens with one attached hydrogen (secondary N) is 1. The third-order valence-corrected chi connectivity index (χ3v) is 2.96. The fourth-order valence-corrected chi connectivity index (χ4v) is 1.93. The normalized spacial score (nSPS) is 10.2. The highest BCUT2D eigenvalue weighted by Crippen LogP contribution is 2.34. The molecule has 2 aromatic rings. The number of nitrogens with zero attached hydrogens (tertiary/aromatic N) is 2. The van der Waals surface area contributed by atoms with Crippen LogP contribution in [0.4, 0.5) is 5.82 Å². The molecule has 1 aromatic heterocycles. The number of hydrogen-bond donors (Lipinski definition) is 1. The van der Waals surface area contributed by atoms with Gasteiger partial charge in [0.1, 0.15) is 11.6 Å². The van der Waals surface area contributed by atoms with Crippen molar-refractivity contribution >= 4 is 5.82 Å². The standard InChI is InChI=1S/C14H19N3O3/c1-17-6-5-14(16-17)15-9-10-7-12(19-3)13(20-4)8-11(10)18-2/h5-8H,9H2,1-4H3,(H,15,16). The molecule has 6 heteroatoms. The fourth-order valence-electron chi connectivity index (χ4n) is 1.93. The Labute approximate surface area is 118 Å². The fraction of sp³-hybridized carbons (Fsp3) is 0.357. The predicted molar refractivity (Wildman–Crippen MR) is 76.6 cm³/mol. The topological polar surface area (TPSA) is 57.5 Å². The average Bonchev–Trinajstić information content (AvgIpc) is 2.89. The lowest BCUT2D eigenvalue weighted by atomic mass is 10.1. The third kappa shape index (κ3) is 2.96. The van der Waals surface area contributed by atoms with Gasteiger partial charge in [-0.05, 0) is 6.07 Å². The zero-order valence-electron chi connectivity index (χ0n) is 12.1. The number of ether oxygens (including phenoxy) is 3. The van der Waals surface area contributed by atoms with E-state index in [2.05, 4.69) is 10.4 Å². The lowest BCUT2D eigenvalue weighted by molar-refractivity contribution is 0.347. The van der Waals surface area contributed by atoms with Crippen LogP contribution in [0.5, 0.6) is 17.2 Å². The molecule has 1 N–H and O–H groups in total. The molecule has 0 atom stereocenters. The van der Waals surface area contributed by atoms with Crippen molar-refractivity contribution in [3.8, 4) is 17.2 Å². The van der Waals surface area contributed by atoms with Crippen LogP contribution >= 0.6 is 0 Å². The minimum absolute atomic E-state index is 0.584. The summed E-state index contributed by atoms with van der Waals surface area (Å²) in [5.41, 5.74) is 0.968. The van der Waals surface area contributed by atoms with E-state index in [0.29, 0.717) is 18.0 Å². The summed E-state index contributed by atoms with van der Waals surface area (Å²) in [4.78, 5) is 0. The molecule has 0 fully saturated rings. The van der Waals surface area contributed by atoms with Gasteiger partial charge in [0, 0.05) is 37.5 Å². The van der Waals surface area contributed by atoms with Gasteiger partial charge in [-0.1, -0.05) is 0 Å². The molecule has 0 bridgehead atoms. The van der Waals surface area contributed by atoms with E-state index in [4.69, 9.17) is 14.2 Å². The Morgan fingerprint density at radius 1 is 1.05 bits per heavy atom. The summed E-state index contributed by atoms with van der Waals surface area (Å²) in [5, 5.41) is 7.50. The molecule has 0 amide bonds. The summed E-state index contributed by atoms with van der Waals surface area (Å²) in [6.07, 6.45) is 1.88. The van der Waals surface area contributed by atoms with Crippen molar-refractivity contribution in [1.82, 2.24) is 9.78 Å². The van der Waals surface area contributed by atoms with Gasteiger partial charge in [0.05, 0.1) is 21.3 Å². The predicted octanol–water partition coefficient (Wildman–Crippen LogP) is 2.06. The number of hydrogen-bond acceptors (Lipinski definition) is 5. The molecule has 0 saturated heterocycles. The van der Waals surface area contributed by atoms with E-state index in [-0.39, 0.29) is 0 Å². The molecule has 108 valence electrons. The molecule has 1 aromatic carbocycles. The van der Waals surface area contributed by atoms with Gasteiger partial charge in [0.25, 0.3) is 0 Å². The molecule has 0 spiro atoms. The first-order chi connectivity index (χ1) is 9.67. The Kier molecular flexibility index (Phi) is 4.34. The number of rotatable bonds is 6. The van der Waals surface area contributed by atoms with Gasteiger partial charge in [-0.15, -0.1) is 0 Å². The molecule has 6 nitrogen and oxygen atoms in total. The number of benzene rings is 1. The number of aryl methyl sites for hydroxylation is 1. The van der Waals surface area contributed by atoms with Gasteiger partial charge in [-0.2, -0.15) is 5.10 Å². The molecule has 0 aliphatic rings. The van der Waals surface area contributed by atoms with Crippen LogP contribution in [0, 0.1) is 0 Å². The molecular formula is C14H19N3O3. The molecule has 1 heterocycles. The van der Waals surface area contributed by atoms with Crippen LogP contribution in [0.1, 0.15) is 5.56 Å². The Morgan fingerprint density at radius 2 is 1.70 bits per heavy atom. The van der Waals surface area contributed by atoms with E-state index in [1.54, 1.807) is 26.0 Å². The highest BCUT2D eigenvalue weighted by Gasteiger charge is 2.11. The number of aromatic nitrogens is 2. The van der Waals surface area contributed by atoms with Crippen molar-refractivity contribution in [2.45, 2.75) is 6.54 Å². The first-order valence-corrected chi connectivity index (χ1v) is 6.20. The van der Waals surface area contributed by atoms with Crippen LogP contribution in [0.3, 0.4) is 0 Å². The molecule has 0 unspecified atom stereocenters. The second kappa shape index (κ2) is 6.18. The minimum atomic E-state index is 0.584. The van der Waals surface area contributed by atoms with E-state index in [1.807, 2.05) is 31.4 Å². The Bertz CT molecular complexity index is 581. The number of methoxy groups -OCH3 is 3. The van der Waals surface area contributed by atoms with Crippen LogP contribution in [-0.4, -0.2) is 31.1 Å². The van der Waals surface area contributed by atoms with Crippen molar-refractivity contribution < 1.29 is 14.2 Å². The zero-order valence-corrected chi connectivity index (χ0v) is 12.1. The van der Waals surface area contributed by atoms with Gasteiger partial charge < -0.3 is 19.5 Å². The SMILES string of the molecule is COc1cc(OC)c(OC)cc1CNc1ccn(C)n1. The molecule has 0 saturated carbocycles. The molecule has 0 radical (unpaired) electrons. The van der Waals surface area contributed by atoms with E-state index in [0.717, 1.165) is 17.1 Å². The Balaban J connectivity index is 2.21. The van der Waals surface area contributed by atoms with Crippen LogP contribution in [-0.2, 0) is 13.6 Å². The van der Waals surface area contributed by atoms with Gasteiger partial charge in [0.2, 0.25) is 0 Å². The first kappa shape index (κ1) is 14.0. The largest absolute Gasteiger partial charge is 0.496 e. The first-order valence-electron chi connectivity index (χ1n) is 6.20. The highest BCUT2D eigenvalue weighted by molar-refractivity contribution is 5.51. The van der Waals surface area contributed by atoms with Crippen molar-refractivity contribution in [2.24, 2.45) is 7.05 Å². The second-order valence-corrected chi connectivity index (χ2v) is 4.25. The summed E-state index contributed by atoms with van der Waals surface area (Å²) < 4.78 is 17.7. The quantitative estimate of drug-likeness (QED) is 0.876. The summed E-state index contributed by atoms with van der Waals surface area (Å²) >= 11 is 0. The van der Waals surface area contributed by atoms with E-state index in [9.17, 15) is 0 Å². The zero-order chi connectivity index (χ0) is 14.5. The second-order valence-electron chi connectivity index (χ2n) is 4.25. The molecule has 0 aliphatic carbocycles. The van der Waals surface area contributed by atoms with Crippen LogP contribution in [0.15, 0.2) is 24.4 Å². The monoisotopic (exact) mass is 277 g/mol. The maximum Gasteiger partial charge on any atom is 0.164 e. The van der Waals surface area contributed by atoms with Crippen LogP contribution < -0.4 is 19.5 Å². The molecule has 2 rings (SSSR count). The Morgan fingerprint density at radius 3 is 2.25 bits per heavy atom. The smallest absolute Gasteiger partial charge is 0.164 e. The Hall–Kier alpha value is -2.37. The van der Waals surface area contributed by atoms with Crippen molar-refractivity contribution in [1.29, 1.82) is 0 Å². The summed E-state index contributed by atoms with van der Waals surface area (Å²) in [6, 6.07) is 5.62. The van der Waals surface area contributed by atoms with E-state index in [1.165, 1.54) is 0 Å². The lowest BCUT2D eigenvalue weighted by Gasteiger charge is -2.14. The van der Waals surface area contributed by atoms with Crippen molar-refractivity contribution in [3.05, 3.63) is 30.0 Å². The maximum atomic E-state index is 5.38. The molecule has 20 heavy (non-hydrogen) atoms. The number of anilines is 1.